The predicted octanol–water partition coefficient (Wildman–Crippen LogP) is 13.1. The SMILES string of the molecule is c1ccc(-c2nc(-c3ccccc3)nc(-c3cccc(-c4ccc5c(c4)C4(c6ccccc6-5)c5ccccc5-c5c(-c6ccccc6)nc6ccccc6c54)c3)n2)cc1. The molecule has 1 unspecified atom stereocenters. The molecule has 4 nitrogen and oxygen atoms in total. The Bertz CT molecular complexity index is 3210. The number of benzene rings is 8. The Kier molecular flexibility index (Phi) is 7.41. The van der Waals surface area contributed by atoms with Crippen molar-refractivity contribution in [2.75, 3.05) is 0 Å². The molecule has 1 spiro atoms. The number of hydrogen-bond donors (Lipinski definition) is 0. The Morgan fingerprint density at radius 1 is 0.305 bits per heavy atom. The molecule has 0 radical (unpaired) electrons. The maximum absolute atomic E-state index is 5.42. The number of rotatable bonds is 5. The van der Waals surface area contributed by atoms with Gasteiger partial charge >= 0.3 is 0 Å². The minimum atomic E-state index is -0.569. The summed E-state index contributed by atoms with van der Waals surface area (Å²) in [6.07, 6.45) is 0. The van der Waals surface area contributed by atoms with E-state index in [0.29, 0.717) is 17.5 Å². The van der Waals surface area contributed by atoms with Gasteiger partial charge in [-0.1, -0.05) is 188 Å². The molecule has 2 heterocycles. The number of nitrogens with zero attached hydrogens (tertiary/aromatic N) is 4. The molecule has 2 aliphatic carbocycles. The molecule has 0 N–H and O–H groups in total. The van der Waals surface area contributed by atoms with Crippen LogP contribution in [0.25, 0.3) is 89.7 Å². The summed E-state index contributed by atoms with van der Waals surface area (Å²) in [6.45, 7) is 0. The molecule has 0 aliphatic heterocycles. The molecule has 8 aromatic carbocycles. The highest BCUT2D eigenvalue weighted by atomic mass is 15.0. The number of aromatic nitrogens is 4. The van der Waals surface area contributed by atoms with Gasteiger partial charge in [0.1, 0.15) is 0 Å². The molecule has 0 bridgehead atoms. The van der Waals surface area contributed by atoms with E-state index >= 15 is 0 Å². The van der Waals surface area contributed by atoms with E-state index in [9.17, 15) is 0 Å². The van der Waals surface area contributed by atoms with Gasteiger partial charge in [-0.15, -0.1) is 0 Å². The van der Waals surface area contributed by atoms with Crippen molar-refractivity contribution in [2.45, 2.75) is 5.41 Å². The molecule has 274 valence electrons. The molecule has 2 aromatic heterocycles. The van der Waals surface area contributed by atoms with Crippen LogP contribution in [0.5, 0.6) is 0 Å². The summed E-state index contributed by atoms with van der Waals surface area (Å²) in [5.74, 6) is 1.93. The number of pyridine rings is 1. The van der Waals surface area contributed by atoms with Crippen LogP contribution in [0.4, 0.5) is 0 Å². The molecule has 12 rings (SSSR count). The summed E-state index contributed by atoms with van der Waals surface area (Å²) in [4.78, 5) is 20.5. The predicted molar refractivity (Wildman–Crippen MR) is 239 cm³/mol. The highest BCUT2D eigenvalue weighted by Gasteiger charge is 2.53. The fourth-order valence-corrected chi connectivity index (χ4v) is 9.63. The third-order valence-electron chi connectivity index (χ3n) is 12.1. The van der Waals surface area contributed by atoms with Crippen molar-refractivity contribution in [1.82, 2.24) is 19.9 Å². The fourth-order valence-electron chi connectivity index (χ4n) is 9.63. The summed E-state index contributed by atoms with van der Waals surface area (Å²) < 4.78 is 0. The van der Waals surface area contributed by atoms with Crippen molar-refractivity contribution in [3.05, 3.63) is 229 Å². The lowest BCUT2D eigenvalue weighted by Crippen LogP contribution is -2.26. The Morgan fingerprint density at radius 3 is 1.49 bits per heavy atom. The molecule has 0 amide bonds. The Hall–Kier alpha value is -7.82. The van der Waals surface area contributed by atoms with E-state index in [-0.39, 0.29) is 0 Å². The molecule has 4 heteroatoms. The van der Waals surface area contributed by atoms with E-state index < -0.39 is 5.41 Å². The van der Waals surface area contributed by atoms with Gasteiger partial charge < -0.3 is 0 Å². The Labute approximate surface area is 342 Å². The largest absolute Gasteiger partial charge is 0.247 e. The van der Waals surface area contributed by atoms with Crippen LogP contribution >= 0.6 is 0 Å². The van der Waals surface area contributed by atoms with E-state index in [1.54, 1.807) is 0 Å². The molecule has 59 heavy (non-hydrogen) atoms. The maximum atomic E-state index is 5.42. The first kappa shape index (κ1) is 33.3. The average Bonchev–Trinajstić information content (AvgIpc) is 3.80. The normalized spacial score (nSPS) is 14.5. The van der Waals surface area contributed by atoms with Crippen LogP contribution in [0.15, 0.2) is 206 Å². The first-order valence-corrected chi connectivity index (χ1v) is 20.1. The van der Waals surface area contributed by atoms with Crippen molar-refractivity contribution in [2.24, 2.45) is 0 Å². The van der Waals surface area contributed by atoms with Crippen LogP contribution in [-0.4, -0.2) is 19.9 Å². The number of hydrogen-bond acceptors (Lipinski definition) is 4. The van der Waals surface area contributed by atoms with Gasteiger partial charge in [-0.05, 0) is 68.3 Å². The van der Waals surface area contributed by atoms with Crippen molar-refractivity contribution < 1.29 is 0 Å². The van der Waals surface area contributed by atoms with Gasteiger partial charge in [0.25, 0.3) is 0 Å². The second-order valence-corrected chi connectivity index (χ2v) is 15.3. The van der Waals surface area contributed by atoms with Crippen LogP contribution in [0.2, 0.25) is 0 Å². The zero-order valence-corrected chi connectivity index (χ0v) is 31.9. The lowest BCUT2D eigenvalue weighted by atomic mass is 9.69. The Morgan fingerprint density at radius 2 is 0.797 bits per heavy atom. The zero-order valence-electron chi connectivity index (χ0n) is 31.9. The minimum absolute atomic E-state index is 0.569. The minimum Gasteiger partial charge on any atom is -0.247 e. The van der Waals surface area contributed by atoms with Gasteiger partial charge in [0.15, 0.2) is 17.5 Å². The van der Waals surface area contributed by atoms with Crippen molar-refractivity contribution >= 4 is 10.9 Å². The highest BCUT2D eigenvalue weighted by molar-refractivity contribution is 6.06. The van der Waals surface area contributed by atoms with E-state index in [1.165, 1.54) is 49.9 Å². The lowest BCUT2D eigenvalue weighted by Gasteiger charge is -2.32. The zero-order chi connectivity index (χ0) is 38.9. The van der Waals surface area contributed by atoms with Crippen molar-refractivity contribution in [1.29, 1.82) is 0 Å². The second-order valence-electron chi connectivity index (χ2n) is 15.3. The summed E-state index contributed by atoms with van der Waals surface area (Å²) >= 11 is 0. The molecular weight excluding hydrogens is 717 g/mol. The monoisotopic (exact) mass is 750 g/mol. The molecular formula is C55H34N4. The van der Waals surface area contributed by atoms with E-state index in [0.717, 1.165) is 44.6 Å². The van der Waals surface area contributed by atoms with Gasteiger partial charge in [0.2, 0.25) is 0 Å². The van der Waals surface area contributed by atoms with Gasteiger partial charge in [-0.2, -0.15) is 0 Å². The van der Waals surface area contributed by atoms with E-state index in [4.69, 9.17) is 19.9 Å². The second kappa shape index (κ2) is 13.1. The smallest absolute Gasteiger partial charge is 0.164 e. The van der Waals surface area contributed by atoms with Crippen molar-refractivity contribution in [3.63, 3.8) is 0 Å². The third kappa shape index (κ3) is 5.03. The van der Waals surface area contributed by atoms with Gasteiger partial charge in [0.05, 0.1) is 16.6 Å². The molecule has 2 aliphatic rings. The van der Waals surface area contributed by atoms with Crippen LogP contribution in [-0.2, 0) is 5.41 Å². The topological polar surface area (TPSA) is 51.6 Å². The number of para-hydroxylation sites is 1. The summed E-state index contributed by atoms with van der Waals surface area (Å²) in [7, 11) is 0. The van der Waals surface area contributed by atoms with Crippen LogP contribution in [0, 0.1) is 0 Å². The van der Waals surface area contributed by atoms with Crippen molar-refractivity contribution in [3.8, 4) is 78.8 Å². The Balaban J connectivity index is 1.09. The average molecular weight is 751 g/mol. The summed E-state index contributed by atoms with van der Waals surface area (Å²) in [5, 5.41) is 1.17. The fraction of sp³-hybridized carbons (Fsp3) is 0.0182. The first-order chi connectivity index (χ1) is 29.3. The van der Waals surface area contributed by atoms with Gasteiger partial charge in [0, 0.05) is 33.2 Å². The third-order valence-corrected chi connectivity index (χ3v) is 12.1. The molecule has 0 fully saturated rings. The van der Waals surface area contributed by atoms with Gasteiger partial charge in [-0.3, -0.25) is 0 Å². The molecule has 1 atom stereocenters. The maximum Gasteiger partial charge on any atom is 0.164 e. The molecule has 0 saturated heterocycles. The van der Waals surface area contributed by atoms with Crippen LogP contribution < -0.4 is 0 Å². The summed E-state index contributed by atoms with van der Waals surface area (Å²) in [5.41, 5.74) is 17.7. The quantitative estimate of drug-likeness (QED) is 0.176. The lowest BCUT2D eigenvalue weighted by molar-refractivity contribution is 0.801. The van der Waals surface area contributed by atoms with E-state index in [2.05, 4.69) is 146 Å². The van der Waals surface area contributed by atoms with Crippen LogP contribution in [0.3, 0.4) is 0 Å². The summed E-state index contributed by atoms with van der Waals surface area (Å²) in [6, 6.07) is 73.3. The van der Waals surface area contributed by atoms with Gasteiger partial charge in [-0.25, -0.2) is 19.9 Å². The standard InChI is InChI=1S/C55H34N4/c1-4-17-35(18-5-1)51-49-43-26-11-14-29-46(43)55(50(49)44-27-12-15-30-48(44)56-51)45-28-13-10-25-41(45)42-32-31-39(34-47(42)55)38-23-16-24-40(33-38)54-58-52(36-19-6-2-7-20-36)57-53(59-54)37-21-8-3-9-22-37/h1-34H. The highest BCUT2D eigenvalue weighted by Crippen LogP contribution is 2.65. The molecule has 10 aromatic rings. The van der Waals surface area contributed by atoms with Crippen LogP contribution in [0.1, 0.15) is 22.3 Å². The molecule has 0 saturated carbocycles. The number of fused-ring (bicyclic) bond motifs is 12. The van der Waals surface area contributed by atoms with E-state index in [1.807, 2.05) is 60.7 Å². The first-order valence-electron chi connectivity index (χ1n) is 20.1.